The van der Waals surface area contributed by atoms with Crippen LogP contribution >= 0.6 is 0 Å². The molecular formula is C45H85NO9. The molecule has 0 heterocycles. The minimum atomic E-state index is -0.651. The summed E-state index contributed by atoms with van der Waals surface area (Å²) in [6, 6.07) is 0. The molecule has 0 N–H and O–H groups in total. The number of rotatable bonds is 41. The van der Waals surface area contributed by atoms with Gasteiger partial charge in [0.25, 0.3) is 0 Å². The first-order chi connectivity index (χ1) is 26.8. The predicted molar refractivity (Wildman–Crippen MR) is 222 cm³/mol. The van der Waals surface area contributed by atoms with Crippen LogP contribution in [0.15, 0.2) is 0 Å². The second-order valence-electron chi connectivity index (χ2n) is 15.6. The Bertz CT molecular complexity index is 898. The van der Waals surface area contributed by atoms with Crippen LogP contribution in [-0.2, 0) is 38.1 Å². The van der Waals surface area contributed by atoms with Crippen molar-refractivity contribution < 1.29 is 42.9 Å². The van der Waals surface area contributed by atoms with Gasteiger partial charge in [0.1, 0.15) is 6.10 Å². The van der Waals surface area contributed by atoms with Gasteiger partial charge < -0.3 is 28.6 Å². The number of carbonyl (C=O) groups is 4. The summed E-state index contributed by atoms with van der Waals surface area (Å²) in [7, 11) is 3.96. The van der Waals surface area contributed by atoms with E-state index in [4.69, 9.17) is 23.7 Å². The maximum Gasteiger partial charge on any atom is 0.508 e. The summed E-state index contributed by atoms with van der Waals surface area (Å²) in [6.07, 6.45) is 29.5. The monoisotopic (exact) mass is 784 g/mol. The van der Waals surface area contributed by atoms with Gasteiger partial charge in [0, 0.05) is 32.2 Å². The number of esters is 3. The molecule has 324 valence electrons. The van der Waals surface area contributed by atoms with E-state index in [1.807, 2.05) is 19.0 Å². The zero-order valence-corrected chi connectivity index (χ0v) is 36.2. The lowest BCUT2D eigenvalue weighted by molar-refractivity contribution is -0.145. The van der Waals surface area contributed by atoms with Crippen LogP contribution in [0.5, 0.6) is 0 Å². The standard InChI is InChI=1S/C45H85NO9/c1-5-7-9-18-25-32-42(47)51-37-28-22-16-12-11-14-20-24-31-41(55-45(50)54-39-30-36-46(3)4)35-40-53-44(49)34-27-21-15-13-17-23-29-38-52-43(48)33-26-19-10-8-6-2/h41H,5-40H2,1-4H3. The Labute approximate surface area is 337 Å². The van der Waals surface area contributed by atoms with Crippen LogP contribution in [0.3, 0.4) is 0 Å². The largest absolute Gasteiger partial charge is 0.508 e. The third-order valence-electron chi connectivity index (χ3n) is 9.88. The Morgan fingerprint density at radius 1 is 0.400 bits per heavy atom. The first kappa shape index (κ1) is 52.6. The lowest BCUT2D eigenvalue weighted by atomic mass is 10.0. The lowest BCUT2D eigenvalue weighted by Gasteiger charge is -2.18. The average Bonchev–Trinajstić information content (AvgIpc) is 3.15. The zero-order valence-electron chi connectivity index (χ0n) is 36.2. The quantitative estimate of drug-likeness (QED) is 0.0337. The van der Waals surface area contributed by atoms with Crippen LogP contribution in [0.1, 0.15) is 213 Å². The number of carbonyl (C=O) groups excluding carboxylic acids is 4. The fourth-order valence-electron chi connectivity index (χ4n) is 6.40. The van der Waals surface area contributed by atoms with E-state index in [-0.39, 0.29) is 30.6 Å². The number of unbranched alkanes of at least 4 members (excludes halogenated alkanes) is 21. The first-order valence-electron chi connectivity index (χ1n) is 22.7. The van der Waals surface area contributed by atoms with Gasteiger partial charge in [-0.3, -0.25) is 14.4 Å². The van der Waals surface area contributed by atoms with E-state index in [9.17, 15) is 19.2 Å². The van der Waals surface area contributed by atoms with Crippen molar-refractivity contribution in [1.29, 1.82) is 0 Å². The van der Waals surface area contributed by atoms with Crippen molar-refractivity contribution in [2.45, 2.75) is 219 Å². The highest BCUT2D eigenvalue weighted by Crippen LogP contribution is 2.16. The van der Waals surface area contributed by atoms with Gasteiger partial charge >= 0.3 is 24.1 Å². The highest BCUT2D eigenvalue weighted by Gasteiger charge is 2.17. The Morgan fingerprint density at radius 2 is 0.764 bits per heavy atom. The lowest BCUT2D eigenvalue weighted by Crippen LogP contribution is -2.23. The molecule has 0 spiro atoms. The van der Waals surface area contributed by atoms with E-state index in [2.05, 4.69) is 13.8 Å². The van der Waals surface area contributed by atoms with Gasteiger partial charge in [-0.2, -0.15) is 0 Å². The van der Waals surface area contributed by atoms with E-state index in [0.717, 1.165) is 135 Å². The minimum absolute atomic E-state index is 0.0555. The predicted octanol–water partition coefficient (Wildman–Crippen LogP) is 11.8. The topological polar surface area (TPSA) is 118 Å². The molecule has 0 aromatic heterocycles. The molecule has 1 atom stereocenters. The summed E-state index contributed by atoms with van der Waals surface area (Å²) in [5.41, 5.74) is 0. The summed E-state index contributed by atoms with van der Waals surface area (Å²) in [4.78, 5) is 50.4. The molecule has 0 saturated heterocycles. The molecule has 0 amide bonds. The Balaban J connectivity index is 4.06. The fourth-order valence-corrected chi connectivity index (χ4v) is 6.40. The van der Waals surface area contributed by atoms with Crippen molar-refractivity contribution in [3.8, 4) is 0 Å². The summed E-state index contributed by atoms with van der Waals surface area (Å²) in [5, 5.41) is 0. The number of hydrogen-bond donors (Lipinski definition) is 0. The Morgan fingerprint density at radius 3 is 1.20 bits per heavy atom. The smallest absolute Gasteiger partial charge is 0.466 e. The molecule has 1 unspecified atom stereocenters. The van der Waals surface area contributed by atoms with Gasteiger partial charge in [0.15, 0.2) is 0 Å². The SMILES string of the molecule is CCCCCCCC(=O)OCCCCCCCCCCC(CCOC(=O)CCCCCCCCCOC(=O)CCCCCCC)OC(=O)OCCCN(C)C. The molecule has 0 aliphatic carbocycles. The van der Waals surface area contributed by atoms with Crippen molar-refractivity contribution in [2.24, 2.45) is 0 Å². The van der Waals surface area contributed by atoms with Crippen molar-refractivity contribution in [3.05, 3.63) is 0 Å². The van der Waals surface area contributed by atoms with Crippen molar-refractivity contribution in [3.63, 3.8) is 0 Å². The van der Waals surface area contributed by atoms with Gasteiger partial charge in [0.05, 0.1) is 26.4 Å². The van der Waals surface area contributed by atoms with Crippen LogP contribution in [0, 0.1) is 0 Å². The normalized spacial score (nSPS) is 11.7. The Kier molecular flexibility index (Phi) is 39.5. The molecule has 0 bridgehead atoms. The van der Waals surface area contributed by atoms with Crippen molar-refractivity contribution in [2.75, 3.05) is 47.1 Å². The van der Waals surface area contributed by atoms with E-state index in [1.165, 1.54) is 44.9 Å². The van der Waals surface area contributed by atoms with E-state index < -0.39 is 6.16 Å². The number of hydrogen-bond acceptors (Lipinski definition) is 10. The molecule has 0 aromatic carbocycles. The van der Waals surface area contributed by atoms with Gasteiger partial charge in [-0.05, 0) is 65.5 Å². The minimum Gasteiger partial charge on any atom is -0.466 e. The third kappa shape index (κ3) is 41.1. The van der Waals surface area contributed by atoms with Crippen molar-refractivity contribution in [1.82, 2.24) is 4.90 Å². The molecule has 10 nitrogen and oxygen atoms in total. The van der Waals surface area contributed by atoms with Crippen LogP contribution in [0.2, 0.25) is 0 Å². The maximum absolute atomic E-state index is 12.4. The van der Waals surface area contributed by atoms with Gasteiger partial charge in [-0.1, -0.05) is 136 Å². The highest BCUT2D eigenvalue weighted by atomic mass is 16.7. The second-order valence-corrected chi connectivity index (χ2v) is 15.6. The summed E-state index contributed by atoms with van der Waals surface area (Å²) < 4.78 is 27.2. The molecule has 0 aromatic rings. The molecule has 55 heavy (non-hydrogen) atoms. The molecule has 10 heteroatoms. The van der Waals surface area contributed by atoms with Gasteiger partial charge in [-0.25, -0.2) is 4.79 Å². The van der Waals surface area contributed by atoms with Crippen LogP contribution < -0.4 is 0 Å². The van der Waals surface area contributed by atoms with Gasteiger partial charge in [-0.15, -0.1) is 0 Å². The average molecular weight is 784 g/mol. The van der Waals surface area contributed by atoms with E-state index in [1.54, 1.807) is 0 Å². The summed E-state index contributed by atoms with van der Waals surface area (Å²) >= 11 is 0. The maximum atomic E-state index is 12.4. The zero-order chi connectivity index (χ0) is 40.5. The molecule has 0 fully saturated rings. The Hall–Kier alpha value is -2.36. The fraction of sp³-hybridized carbons (Fsp3) is 0.911. The summed E-state index contributed by atoms with van der Waals surface area (Å²) in [5.74, 6) is -0.321. The number of ether oxygens (including phenoxy) is 5. The van der Waals surface area contributed by atoms with Crippen LogP contribution in [0.4, 0.5) is 4.79 Å². The summed E-state index contributed by atoms with van der Waals surface area (Å²) in [6.45, 7) is 6.81. The molecule has 0 rings (SSSR count). The molecule has 0 aliphatic heterocycles. The molecular weight excluding hydrogens is 698 g/mol. The van der Waals surface area contributed by atoms with Crippen molar-refractivity contribution >= 4 is 24.1 Å². The first-order valence-corrected chi connectivity index (χ1v) is 22.7. The second kappa shape index (κ2) is 41.3. The van der Waals surface area contributed by atoms with Crippen LogP contribution in [0.25, 0.3) is 0 Å². The third-order valence-corrected chi connectivity index (χ3v) is 9.88. The molecule has 0 saturated carbocycles. The van der Waals surface area contributed by atoms with E-state index >= 15 is 0 Å². The van der Waals surface area contributed by atoms with E-state index in [0.29, 0.717) is 45.5 Å². The highest BCUT2D eigenvalue weighted by molar-refractivity contribution is 5.69. The molecule has 0 aliphatic rings. The molecule has 0 radical (unpaired) electrons. The number of nitrogens with zero attached hydrogens (tertiary/aromatic N) is 1. The van der Waals surface area contributed by atoms with Gasteiger partial charge in [0.2, 0.25) is 0 Å². The van der Waals surface area contributed by atoms with Crippen LogP contribution in [-0.4, -0.2) is 82.1 Å².